The molecular formula is C21H20ClN3O2. The number of benzene rings is 2. The lowest BCUT2D eigenvalue weighted by atomic mass is 10.1. The van der Waals surface area contributed by atoms with Crippen LogP contribution in [0.4, 0.5) is 5.69 Å². The maximum atomic E-state index is 13.1. The summed E-state index contributed by atoms with van der Waals surface area (Å²) in [6.45, 7) is 3.15. The molecule has 4 rings (SSSR count). The molecule has 1 aliphatic rings. The Balaban J connectivity index is 1.77. The van der Waals surface area contributed by atoms with Gasteiger partial charge in [-0.05, 0) is 56.2 Å². The van der Waals surface area contributed by atoms with Crippen molar-refractivity contribution in [3.8, 4) is 0 Å². The normalized spacial score (nSPS) is 13.4. The fourth-order valence-corrected chi connectivity index (χ4v) is 3.80. The largest absolute Gasteiger partial charge is 0.309 e. The van der Waals surface area contributed by atoms with E-state index in [4.69, 9.17) is 11.6 Å². The summed E-state index contributed by atoms with van der Waals surface area (Å²) < 4.78 is 1.76. The van der Waals surface area contributed by atoms with E-state index < -0.39 is 0 Å². The van der Waals surface area contributed by atoms with Crippen LogP contribution < -0.4 is 10.5 Å². The van der Waals surface area contributed by atoms with Crippen LogP contribution in [0.3, 0.4) is 0 Å². The fourth-order valence-electron chi connectivity index (χ4n) is 3.62. The van der Waals surface area contributed by atoms with E-state index in [0.717, 1.165) is 37.3 Å². The smallest absolute Gasteiger partial charge is 0.261 e. The van der Waals surface area contributed by atoms with Crippen LogP contribution in [0.15, 0.2) is 47.3 Å². The number of aromatic nitrogens is 2. The van der Waals surface area contributed by atoms with E-state index in [2.05, 4.69) is 4.98 Å². The molecule has 0 spiro atoms. The highest BCUT2D eigenvalue weighted by Gasteiger charge is 2.19. The molecule has 2 heterocycles. The lowest BCUT2D eigenvalue weighted by Gasteiger charge is -2.22. The van der Waals surface area contributed by atoms with Gasteiger partial charge >= 0.3 is 0 Å². The molecule has 2 aromatic carbocycles. The van der Waals surface area contributed by atoms with Crippen molar-refractivity contribution in [3.63, 3.8) is 0 Å². The third-order valence-corrected chi connectivity index (χ3v) is 5.23. The average molecular weight is 382 g/mol. The predicted octanol–water partition coefficient (Wildman–Crippen LogP) is 4.05. The van der Waals surface area contributed by atoms with Gasteiger partial charge in [-0.3, -0.25) is 14.2 Å². The van der Waals surface area contributed by atoms with Crippen LogP contribution in [0.2, 0.25) is 5.02 Å². The number of carbonyl (C=O) groups excluding carboxylic acids is 1. The SMILES string of the molecule is CCN(C(=O)c1ccc2c(=O)n3c(nc2c1)CCCC3)c1cccc(Cl)c1. The number of anilines is 1. The molecular weight excluding hydrogens is 362 g/mol. The van der Waals surface area contributed by atoms with Gasteiger partial charge in [0.1, 0.15) is 5.82 Å². The van der Waals surface area contributed by atoms with Crippen LogP contribution in [0.25, 0.3) is 10.9 Å². The Morgan fingerprint density at radius 3 is 2.85 bits per heavy atom. The van der Waals surface area contributed by atoms with Gasteiger partial charge in [0, 0.05) is 35.8 Å². The lowest BCUT2D eigenvalue weighted by Crippen LogP contribution is -2.31. The molecule has 1 aliphatic heterocycles. The number of hydrogen-bond acceptors (Lipinski definition) is 3. The highest BCUT2D eigenvalue weighted by Crippen LogP contribution is 2.23. The zero-order chi connectivity index (χ0) is 19.0. The summed E-state index contributed by atoms with van der Waals surface area (Å²) in [7, 11) is 0. The summed E-state index contributed by atoms with van der Waals surface area (Å²) in [4.78, 5) is 32.1. The molecule has 0 saturated carbocycles. The molecule has 1 aromatic heterocycles. The number of rotatable bonds is 3. The Hall–Kier alpha value is -2.66. The van der Waals surface area contributed by atoms with Crippen molar-refractivity contribution in [1.82, 2.24) is 9.55 Å². The number of amides is 1. The first kappa shape index (κ1) is 17.7. The Morgan fingerprint density at radius 2 is 2.07 bits per heavy atom. The summed E-state index contributed by atoms with van der Waals surface area (Å²) in [5, 5.41) is 1.14. The second-order valence-electron chi connectivity index (χ2n) is 6.70. The van der Waals surface area contributed by atoms with E-state index in [0.29, 0.717) is 28.0 Å². The van der Waals surface area contributed by atoms with Crippen LogP contribution >= 0.6 is 11.6 Å². The van der Waals surface area contributed by atoms with Gasteiger partial charge in [-0.1, -0.05) is 17.7 Å². The summed E-state index contributed by atoms with van der Waals surface area (Å²) in [5.41, 5.74) is 1.82. The molecule has 0 saturated heterocycles. The van der Waals surface area contributed by atoms with Crippen LogP contribution in [-0.2, 0) is 13.0 Å². The first-order chi connectivity index (χ1) is 13.1. The molecule has 0 fully saturated rings. The summed E-state index contributed by atoms with van der Waals surface area (Å²) in [6.07, 6.45) is 2.84. The fraction of sp³-hybridized carbons (Fsp3) is 0.286. The Morgan fingerprint density at radius 1 is 1.22 bits per heavy atom. The van der Waals surface area contributed by atoms with Gasteiger partial charge in [0.05, 0.1) is 10.9 Å². The van der Waals surface area contributed by atoms with Gasteiger partial charge in [0.25, 0.3) is 11.5 Å². The standard InChI is InChI=1S/C21H20ClN3O2/c1-2-24(16-7-5-6-15(22)13-16)20(26)14-9-10-17-18(12-14)23-19-8-3-4-11-25(19)21(17)27/h5-7,9-10,12-13H,2-4,8,11H2,1H3. The third kappa shape index (κ3) is 3.23. The van der Waals surface area contributed by atoms with Crippen molar-refractivity contribution in [2.24, 2.45) is 0 Å². The van der Waals surface area contributed by atoms with Crippen molar-refractivity contribution in [2.45, 2.75) is 32.7 Å². The zero-order valence-corrected chi connectivity index (χ0v) is 15.9. The zero-order valence-electron chi connectivity index (χ0n) is 15.1. The minimum absolute atomic E-state index is 0.0177. The highest BCUT2D eigenvalue weighted by molar-refractivity contribution is 6.31. The molecule has 0 bridgehead atoms. The van der Waals surface area contributed by atoms with E-state index in [9.17, 15) is 9.59 Å². The van der Waals surface area contributed by atoms with Crippen molar-refractivity contribution < 1.29 is 4.79 Å². The number of nitrogens with zero attached hydrogens (tertiary/aromatic N) is 3. The van der Waals surface area contributed by atoms with Crippen molar-refractivity contribution in [1.29, 1.82) is 0 Å². The van der Waals surface area contributed by atoms with E-state index in [1.807, 2.05) is 19.1 Å². The monoisotopic (exact) mass is 381 g/mol. The molecule has 138 valence electrons. The number of halogens is 1. The van der Waals surface area contributed by atoms with E-state index in [1.165, 1.54) is 0 Å². The van der Waals surface area contributed by atoms with E-state index >= 15 is 0 Å². The molecule has 27 heavy (non-hydrogen) atoms. The summed E-state index contributed by atoms with van der Waals surface area (Å²) in [5.74, 6) is 0.673. The van der Waals surface area contributed by atoms with E-state index in [-0.39, 0.29) is 11.5 Å². The first-order valence-corrected chi connectivity index (χ1v) is 9.57. The molecule has 0 N–H and O–H groups in total. The summed E-state index contributed by atoms with van der Waals surface area (Å²) >= 11 is 6.07. The van der Waals surface area contributed by atoms with Gasteiger partial charge in [0.15, 0.2) is 0 Å². The van der Waals surface area contributed by atoms with E-state index in [1.54, 1.807) is 39.8 Å². The van der Waals surface area contributed by atoms with Crippen LogP contribution in [-0.4, -0.2) is 22.0 Å². The number of fused-ring (bicyclic) bond motifs is 2. The maximum absolute atomic E-state index is 13.1. The van der Waals surface area contributed by atoms with Crippen LogP contribution in [0, 0.1) is 0 Å². The molecule has 1 amide bonds. The third-order valence-electron chi connectivity index (χ3n) is 4.99. The number of hydrogen-bond donors (Lipinski definition) is 0. The van der Waals surface area contributed by atoms with Gasteiger partial charge in [-0.25, -0.2) is 4.98 Å². The van der Waals surface area contributed by atoms with Crippen molar-refractivity contribution in [3.05, 3.63) is 69.2 Å². The predicted molar refractivity (Wildman–Crippen MR) is 108 cm³/mol. The molecule has 5 nitrogen and oxygen atoms in total. The van der Waals surface area contributed by atoms with Crippen molar-refractivity contribution >= 4 is 34.1 Å². The molecule has 0 atom stereocenters. The minimum atomic E-state index is -0.138. The number of carbonyl (C=O) groups is 1. The summed E-state index contributed by atoms with van der Waals surface area (Å²) in [6, 6.07) is 12.4. The maximum Gasteiger partial charge on any atom is 0.261 e. The molecule has 0 unspecified atom stereocenters. The quantitative estimate of drug-likeness (QED) is 0.687. The van der Waals surface area contributed by atoms with Crippen LogP contribution in [0.1, 0.15) is 35.9 Å². The van der Waals surface area contributed by atoms with Crippen LogP contribution in [0.5, 0.6) is 0 Å². The highest BCUT2D eigenvalue weighted by atomic mass is 35.5. The molecule has 3 aromatic rings. The number of aryl methyl sites for hydroxylation is 1. The Kier molecular flexibility index (Phi) is 4.70. The van der Waals surface area contributed by atoms with Crippen molar-refractivity contribution in [2.75, 3.05) is 11.4 Å². The molecule has 6 heteroatoms. The molecule has 0 radical (unpaired) electrons. The lowest BCUT2D eigenvalue weighted by molar-refractivity contribution is 0.0988. The van der Waals surface area contributed by atoms with Gasteiger partial charge in [-0.2, -0.15) is 0 Å². The molecule has 0 aliphatic carbocycles. The Labute approximate surface area is 162 Å². The van der Waals surface area contributed by atoms with Gasteiger partial charge in [-0.15, -0.1) is 0 Å². The first-order valence-electron chi connectivity index (χ1n) is 9.19. The Bertz CT molecular complexity index is 1090. The van der Waals surface area contributed by atoms with Gasteiger partial charge < -0.3 is 4.90 Å². The topological polar surface area (TPSA) is 55.2 Å². The minimum Gasteiger partial charge on any atom is -0.309 e. The second-order valence-corrected chi connectivity index (χ2v) is 7.14. The average Bonchev–Trinajstić information content (AvgIpc) is 2.68. The van der Waals surface area contributed by atoms with Gasteiger partial charge in [0.2, 0.25) is 0 Å². The second kappa shape index (κ2) is 7.16.